The molecule has 1 aliphatic carbocycles. The molecule has 1 aromatic rings. The summed E-state index contributed by atoms with van der Waals surface area (Å²) in [5, 5.41) is 3.91. The topological polar surface area (TPSA) is 47.6 Å². The van der Waals surface area contributed by atoms with Crippen LogP contribution in [0.2, 0.25) is 10.0 Å². The van der Waals surface area contributed by atoms with Crippen molar-refractivity contribution in [1.82, 2.24) is 5.32 Å². The van der Waals surface area contributed by atoms with Gasteiger partial charge in [0.1, 0.15) is 0 Å². The van der Waals surface area contributed by atoms with Crippen LogP contribution in [0.3, 0.4) is 0 Å². The highest BCUT2D eigenvalue weighted by molar-refractivity contribution is 6.36. The maximum atomic E-state index is 12.3. The van der Waals surface area contributed by atoms with Gasteiger partial charge in [0.15, 0.2) is 5.79 Å². The Hall–Kier alpha value is -0.810. The molecule has 3 rings (SSSR count). The minimum atomic E-state index is -0.404. The van der Waals surface area contributed by atoms with Gasteiger partial charge in [0.25, 0.3) is 5.91 Å². The van der Waals surface area contributed by atoms with E-state index in [9.17, 15) is 4.79 Å². The highest BCUT2D eigenvalue weighted by Crippen LogP contribution is 2.35. The van der Waals surface area contributed by atoms with E-state index in [1.54, 1.807) is 18.2 Å². The standard InChI is InChI=1S/C15H17Cl2NO3/c16-10-1-2-12(13(17)9-10)14(19)18-11-3-5-15(6-4-11)20-7-8-21-15/h1-2,9,11H,3-8H2,(H,18,19). The number of rotatable bonds is 2. The van der Waals surface area contributed by atoms with E-state index in [1.807, 2.05) is 0 Å². The van der Waals surface area contributed by atoms with E-state index in [-0.39, 0.29) is 11.9 Å². The molecule has 0 bridgehead atoms. The lowest BCUT2D eigenvalue weighted by Crippen LogP contribution is -2.44. The predicted molar refractivity (Wildman–Crippen MR) is 80.8 cm³/mol. The maximum absolute atomic E-state index is 12.3. The zero-order chi connectivity index (χ0) is 14.9. The second kappa shape index (κ2) is 6.13. The Balaban J connectivity index is 1.58. The molecule has 114 valence electrons. The zero-order valence-electron chi connectivity index (χ0n) is 11.5. The molecule has 1 aromatic carbocycles. The molecule has 2 aliphatic rings. The number of halogens is 2. The lowest BCUT2D eigenvalue weighted by Gasteiger charge is -2.35. The van der Waals surface area contributed by atoms with E-state index in [0.717, 1.165) is 25.7 Å². The first kappa shape index (κ1) is 15.1. The van der Waals surface area contributed by atoms with Crippen molar-refractivity contribution in [1.29, 1.82) is 0 Å². The van der Waals surface area contributed by atoms with Gasteiger partial charge in [-0.15, -0.1) is 0 Å². The molecule has 1 spiro atoms. The van der Waals surface area contributed by atoms with Crippen LogP contribution in [-0.4, -0.2) is 30.9 Å². The third-order valence-corrected chi connectivity index (χ3v) is 4.62. The fourth-order valence-electron chi connectivity index (χ4n) is 2.92. The zero-order valence-corrected chi connectivity index (χ0v) is 13.0. The van der Waals surface area contributed by atoms with Crippen molar-refractivity contribution in [3.8, 4) is 0 Å². The molecular formula is C15H17Cl2NO3. The molecule has 2 fully saturated rings. The number of ether oxygens (including phenoxy) is 2. The quantitative estimate of drug-likeness (QED) is 0.904. The molecular weight excluding hydrogens is 313 g/mol. The van der Waals surface area contributed by atoms with Crippen LogP contribution in [0, 0.1) is 0 Å². The smallest absolute Gasteiger partial charge is 0.253 e. The van der Waals surface area contributed by atoms with E-state index in [2.05, 4.69) is 5.32 Å². The summed E-state index contributed by atoms with van der Waals surface area (Å²) in [7, 11) is 0. The normalized spacial score (nSPS) is 21.6. The highest BCUT2D eigenvalue weighted by atomic mass is 35.5. The molecule has 0 aromatic heterocycles. The molecule has 6 heteroatoms. The van der Waals surface area contributed by atoms with E-state index < -0.39 is 5.79 Å². The van der Waals surface area contributed by atoms with Crippen molar-refractivity contribution in [3.63, 3.8) is 0 Å². The van der Waals surface area contributed by atoms with Crippen molar-refractivity contribution < 1.29 is 14.3 Å². The van der Waals surface area contributed by atoms with Crippen LogP contribution < -0.4 is 5.32 Å². The Morgan fingerprint density at radius 1 is 1.19 bits per heavy atom. The number of hydrogen-bond donors (Lipinski definition) is 1. The molecule has 1 amide bonds. The van der Waals surface area contributed by atoms with Gasteiger partial charge < -0.3 is 14.8 Å². The van der Waals surface area contributed by atoms with Crippen LogP contribution >= 0.6 is 23.2 Å². The Morgan fingerprint density at radius 2 is 1.86 bits per heavy atom. The van der Waals surface area contributed by atoms with Crippen LogP contribution in [0.5, 0.6) is 0 Å². The third-order valence-electron chi connectivity index (χ3n) is 4.07. The number of carbonyl (C=O) groups is 1. The van der Waals surface area contributed by atoms with Crippen LogP contribution in [0.25, 0.3) is 0 Å². The minimum Gasteiger partial charge on any atom is -0.349 e. The fraction of sp³-hybridized carbons (Fsp3) is 0.533. The highest BCUT2D eigenvalue weighted by Gasteiger charge is 2.40. The number of benzene rings is 1. The van der Waals surface area contributed by atoms with Crippen molar-refractivity contribution in [2.75, 3.05) is 13.2 Å². The monoisotopic (exact) mass is 329 g/mol. The van der Waals surface area contributed by atoms with Crippen molar-refractivity contribution >= 4 is 29.1 Å². The van der Waals surface area contributed by atoms with Crippen molar-refractivity contribution in [2.45, 2.75) is 37.5 Å². The predicted octanol–water partition coefficient (Wildman–Crippen LogP) is 3.41. The Morgan fingerprint density at radius 3 is 2.48 bits per heavy atom. The fourth-order valence-corrected chi connectivity index (χ4v) is 3.42. The second-order valence-corrected chi connectivity index (χ2v) is 6.32. The summed E-state index contributed by atoms with van der Waals surface area (Å²) in [5.74, 6) is -0.565. The number of amides is 1. The average Bonchev–Trinajstić information content (AvgIpc) is 2.90. The number of hydrogen-bond acceptors (Lipinski definition) is 3. The van der Waals surface area contributed by atoms with Gasteiger partial charge in [-0.25, -0.2) is 0 Å². The minimum absolute atomic E-state index is 0.127. The van der Waals surface area contributed by atoms with E-state index >= 15 is 0 Å². The summed E-state index contributed by atoms with van der Waals surface area (Å²) in [6.45, 7) is 1.33. The van der Waals surface area contributed by atoms with Crippen molar-refractivity contribution in [3.05, 3.63) is 33.8 Å². The summed E-state index contributed by atoms with van der Waals surface area (Å²) in [4.78, 5) is 12.3. The number of nitrogens with one attached hydrogen (secondary N) is 1. The van der Waals surface area contributed by atoms with Gasteiger partial charge in [0.2, 0.25) is 0 Å². The van der Waals surface area contributed by atoms with E-state index in [0.29, 0.717) is 28.8 Å². The van der Waals surface area contributed by atoms with Gasteiger partial charge in [-0.05, 0) is 31.0 Å². The molecule has 0 atom stereocenters. The second-order valence-electron chi connectivity index (χ2n) is 5.48. The summed E-state index contributed by atoms with van der Waals surface area (Å²) in [6.07, 6.45) is 3.31. The van der Waals surface area contributed by atoms with Gasteiger partial charge in [-0.2, -0.15) is 0 Å². The Bertz CT molecular complexity index is 534. The van der Waals surface area contributed by atoms with Gasteiger partial charge in [-0.3, -0.25) is 4.79 Å². The maximum Gasteiger partial charge on any atom is 0.253 e. The molecule has 1 saturated carbocycles. The van der Waals surface area contributed by atoms with Crippen molar-refractivity contribution in [2.24, 2.45) is 0 Å². The summed E-state index contributed by atoms with van der Waals surface area (Å²) in [5.41, 5.74) is 0.453. The molecule has 1 heterocycles. The molecule has 4 nitrogen and oxygen atoms in total. The SMILES string of the molecule is O=C(NC1CCC2(CC1)OCCO2)c1ccc(Cl)cc1Cl. The lowest BCUT2D eigenvalue weighted by molar-refractivity contribution is -0.179. The third kappa shape index (κ3) is 3.34. The summed E-state index contributed by atoms with van der Waals surface area (Å²) >= 11 is 11.9. The van der Waals surface area contributed by atoms with Gasteiger partial charge in [0.05, 0.1) is 23.8 Å². The van der Waals surface area contributed by atoms with Crippen LogP contribution in [0.4, 0.5) is 0 Å². The average molecular weight is 330 g/mol. The lowest BCUT2D eigenvalue weighted by atomic mass is 9.90. The molecule has 0 unspecified atom stereocenters. The largest absolute Gasteiger partial charge is 0.349 e. The molecule has 1 saturated heterocycles. The van der Waals surface area contributed by atoms with E-state index in [1.165, 1.54) is 0 Å². The van der Waals surface area contributed by atoms with Gasteiger partial charge in [0, 0.05) is 23.9 Å². The van der Waals surface area contributed by atoms with Crippen LogP contribution in [0.15, 0.2) is 18.2 Å². The van der Waals surface area contributed by atoms with Gasteiger partial charge in [-0.1, -0.05) is 23.2 Å². The van der Waals surface area contributed by atoms with Crippen LogP contribution in [0.1, 0.15) is 36.0 Å². The first-order valence-corrected chi connectivity index (χ1v) is 7.87. The molecule has 21 heavy (non-hydrogen) atoms. The Labute approximate surface area is 133 Å². The number of carbonyl (C=O) groups excluding carboxylic acids is 1. The van der Waals surface area contributed by atoms with Crippen LogP contribution in [-0.2, 0) is 9.47 Å². The molecule has 1 aliphatic heterocycles. The molecule has 1 N–H and O–H groups in total. The first-order valence-electron chi connectivity index (χ1n) is 7.12. The van der Waals surface area contributed by atoms with E-state index in [4.69, 9.17) is 32.7 Å². The molecule has 0 radical (unpaired) electrons. The Kier molecular flexibility index (Phi) is 4.41. The summed E-state index contributed by atoms with van der Waals surface area (Å²) < 4.78 is 11.4. The first-order chi connectivity index (χ1) is 10.1. The van der Waals surface area contributed by atoms with Gasteiger partial charge >= 0.3 is 0 Å². The summed E-state index contributed by atoms with van der Waals surface area (Å²) in [6, 6.07) is 5.02.